The molecule has 0 spiro atoms. The number of hydrogen-bond donors (Lipinski definition) is 0. The molecule has 1 rings (SSSR count). The van der Waals surface area contributed by atoms with Gasteiger partial charge in [-0.15, -0.1) is 0 Å². The standard InChI is InChI=1S/C40H72O10/c1-3-5-7-9-11-12-14-16-38-18-20-39(21-19-38)49-36-34-47-32-30-45-28-26-43-24-22-42-23-25-44-27-29-46-31-33-48-35-37-50-40(41)17-15-13-10-8-6-4-2/h18-21H,3-17,22-37H2,1-2H3. The molecule has 292 valence electrons. The number of unbranched alkanes of at least 4 members (excludes halogenated alkanes) is 11. The fourth-order valence-corrected chi connectivity index (χ4v) is 5.01. The number of hydrogen-bond acceptors (Lipinski definition) is 10. The van der Waals surface area contributed by atoms with Crippen molar-refractivity contribution in [3.05, 3.63) is 29.8 Å². The SMILES string of the molecule is CCCCCCCCCc1ccc(OCCOCCOCCOCCOCCOCCOCCOCCOC(=O)CCCCCCCC)cc1. The molecule has 10 nitrogen and oxygen atoms in total. The topological polar surface area (TPSA) is 100 Å². The van der Waals surface area contributed by atoms with E-state index in [1.165, 1.54) is 76.2 Å². The van der Waals surface area contributed by atoms with Crippen molar-refractivity contribution in [1.82, 2.24) is 0 Å². The van der Waals surface area contributed by atoms with Crippen LogP contribution in [0.2, 0.25) is 0 Å². The van der Waals surface area contributed by atoms with Crippen LogP contribution in [0.25, 0.3) is 0 Å². The molecule has 0 saturated carbocycles. The number of rotatable bonds is 40. The minimum Gasteiger partial charge on any atom is -0.491 e. The maximum absolute atomic E-state index is 11.7. The Balaban J connectivity index is 1.72. The van der Waals surface area contributed by atoms with E-state index in [0.29, 0.717) is 112 Å². The van der Waals surface area contributed by atoms with Gasteiger partial charge in [-0.2, -0.15) is 0 Å². The highest BCUT2D eigenvalue weighted by molar-refractivity contribution is 5.69. The molecule has 0 aromatic heterocycles. The van der Waals surface area contributed by atoms with Gasteiger partial charge < -0.3 is 42.6 Å². The van der Waals surface area contributed by atoms with Gasteiger partial charge in [-0.3, -0.25) is 4.79 Å². The molecule has 0 amide bonds. The summed E-state index contributed by atoms with van der Waals surface area (Å²) in [6.45, 7) is 12.2. The highest BCUT2D eigenvalue weighted by Crippen LogP contribution is 2.15. The highest BCUT2D eigenvalue weighted by Gasteiger charge is 2.03. The number of carbonyl (C=O) groups is 1. The van der Waals surface area contributed by atoms with Crippen molar-refractivity contribution < 1.29 is 47.4 Å². The summed E-state index contributed by atoms with van der Waals surface area (Å²) in [5.41, 5.74) is 1.38. The molecule has 0 atom stereocenters. The molecular formula is C40H72O10. The zero-order chi connectivity index (χ0) is 35.8. The van der Waals surface area contributed by atoms with Gasteiger partial charge in [0.05, 0.1) is 92.5 Å². The van der Waals surface area contributed by atoms with Crippen molar-refractivity contribution in [3.8, 4) is 5.75 Å². The van der Waals surface area contributed by atoms with Crippen LogP contribution in [0, 0.1) is 0 Å². The zero-order valence-electron chi connectivity index (χ0n) is 31.8. The predicted molar refractivity (Wildman–Crippen MR) is 198 cm³/mol. The van der Waals surface area contributed by atoms with E-state index in [1.807, 2.05) is 0 Å². The Hall–Kier alpha value is -1.79. The molecule has 0 heterocycles. The largest absolute Gasteiger partial charge is 0.491 e. The number of carbonyl (C=O) groups excluding carboxylic acids is 1. The summed E-state index contributed by atoms with van der Waals surface area (Å²) in [5, 5.41) is 0. The number of ether oxygens (including phenoxy) is 9. The molecule has 50 heavy (non-hydrogen) atoms. The third-order valence-corrected chi connectivity index (χ3v) is 7.95. The Kier molecular flexibility index (Phi) is 35.5. The average Bonchev–Trinajstić information content (AvgIpc) is 3.13. The third kappa shape index (κ3) is 33.4. The summed E-state index contributed by atoms with van der Waals surface area (Å²) in [7, 11) is 0. The fraction of sp³-hybridized carbons (Fsp3) is 0.825. The number of benzene rings is 1. The molecule has 1 aromatic carbocycles. The molecule has 0 unspecified atom stereocenters. The second-order valence-corrected chi connectivity index (χ2v) is 12.4. The summed E-state index contributed by atoms with van der Waals surface area (Å²) in [4.78, 5) is 11.7. The molecule has 1 aromatic rings. The molecule has 0 N–H and O–H groups in total. The van der Waals surface area contributed by atoms with E-state index in [1.54, 1.807) is 0 Å². The van der Waals surface area contributed by atoms with Crippen LogP contribution in [-0.4, -0.2) is 112 Å². The Labute approximate surface area is 304 Å². The third-order valence-electron chi connectivity index (χ3n) is 7.95. The second-order valence-electron chi connectivity index (χ2n) is 12.4. The van der Waals surface area contributed by atoms with E-state index in [0.717, 1.165) is 25.0 Å². The Morgan fingerprint density at radius 2 is 0.780 bits per heavy atom. The predicted octanol–water partition coefficient (Wildman–Crippen LogP) is 7.77. The zero-order valence-corrected chi connectivity index (χ0v) is 31.8. The van der Waals surface area contributed by atoms with Crippen LogP contribution in [0.15, 0.2) is 24.3 Å². The van der Waals surface area contributed by atoms with Crippen LogP contribution in [0.1, 0.15) is 109 Å². The first-order valence-electron chi connectivity index (χ1n) is 19.7. The van der Waals surface area contributed by atoms with Crippen molar-refractivity contribution in [1.29, 1.82) is 0 Å². The van der Waals surface area contributed by atoms with E-state index in [9.17, 15) is 4.79 Å². The first-order chi connectivity index (χ1) is 24.8. The summed E-state index contributed by atoms with van der Waals surface area (Å²) >= 11 is 0. The Morgan fingerprint density at radius 3 is 1.22 bits per heavy atom. The maximum Gasteiger partial charge on any atom is 0.305 e. The van der Waals surface area contributed by atoms with E-state index >= 15 is 0 Å². The van der Waals surface area contributed by atoms with Gasteiger partial charge in [0.1, 0.15) is 19.0 Å². The van der Waals surface area contributed by atoms with Crippen LogP contribution >= 0.6 is 0 Å². The van der Waals surface area contributed by atoms with E-state index < -0.39 is 0 Å². The van der Waals surface area contributed by atoms with Crippen molar-refractivity contribution in [2.45, 2.75) is 110 Å². The number of esters is 1. The van der Waals surface area contributed by atoms with E-state index in [4.69, 9.17) is 42.6 Å². The molecule has 0 bridgehead atoms. The minimum atomic E-state index is -0.139. The normalized spacial score (nSPS) is 11.3. The van der Waals surface area contributed by atoms with Gasteiger partial charge in [0.25, 0.3) is 0 Å². The Morgan fingerprint density at radius 1 is 0.420 bits per heavy atom. The first-order valence-corrected chi connectivity index (χ1v) is 19.7. The van der Waals surface area contributed by atoms with Crippen LogP contribution in [-0.2, 0) is 49.1 Å². The molecular weight excluding hydrogens is 640 g/mol. The highest BCUT2D eigenvalue weighted by atomic mass is 16.6. The molecule has 10 heteroatoms. The van der Waals surface area contributed by atoms with Crippen LogP contribution in [0.5, 0.6) is 5.75 Å². The summed E-state index contributed by atoms with van der Waals surface area (Å²) in [5.74, 6) is 0.747. The monoisotopic (exact) mass is 713 g/mol. The van der Waals surface area contributed by atoms with Gasteiger partial charge in [-0.25, -0.2) is 0 Å². The van der Waals surface area contributed by atoms with Gasteiger partial charge in [0.15, 0.2) is 0 Å². The average molecular weight is 713 g/mol. The van der Waals surface area contributed by atoms with E-state index in [2.05, 4.69) is 38.1 Å². The number of aryl methyl sites for hydroxylation is 1. The summed E-state index contributed by atoms with van der Waals surface area (Å²) < 4.78 is 49.5. The van der Waals surface area contributed by atoms with Crippen molar-refractivity contribution in [2.75, 3.05) is 106 Å². The summed E-state index contributed by atoms with van der Waals surface area (Å²) in [6, 6.07) is 8.45. The molecule has 0 radical (unpaired) electrons. The van der Waals surface area contributed by atoms with Crippen LogP contribution < -0.4 is 4.74 Å². The van der Waals surface area contributed by atoms with Crippen molar-refractivity contribution in [3.63, 3.8) is 0 Å². The van der Waals surface area contributed by atoms with Crippen LogP contribution in [0.4, 0.5) is 0 Å². The lowest BCUT2D eigenvalue weighted by Gasteiger charge is -2.09. The Bertz CT molecular complexity index is 823. The minimum absolute atomic E-state index is 0.139. The maximum atomic E-state index is 11.7. The second kappa shape index (κ2) is 38.4. The summed E-state index contributed by atoms with van der Waals surface area (Å²) in [6.07, 6.45) is 18.0. The fourth-order valence-electron chi connectivity index (χ4n) is 5.01. The molecule has 0 fully saturated rings. The van der Waals surface area contributed by atoms with Crippen molar-refractivity contribution >= 4 is 5.97 Å². The smallest absolute Gasteiger partial charge is 0.305 e. The van der Waals surface area contributed by atoms with Gasteiger partial charge in [0.2, 0.25) is 0 Å². The van der Waals surface area contributed by atoms with Gasteiger partial charge in [0, 0.05) is 6.42 Å². The lowest BCUT2D eigenvalue weighted by molar-refractivity contribution is -0.145. The van der Waals surface area contributed by atoms with Crippen LogP contribution in [0.3, 0.4) is 0 Å². The molecule has 0 aliphatic rings. The molecule has 0 saturated heterocycles. The van der Waals surface area contributed by atoms with Gasteiger partial charge >= 0.3 is 5.97 Å². The quantitative estimate of drug-likeness (QED) is 0.0496. The molecule has 0 aliphatic heterocycles. The lowest BCUT2D eigenvalue weighted by atomic mass is 10.0. The van der Waals surface area contributed by atoms with Gasteiger partial charge in [-0.1, -0.05) is 96.6 Å². The molecule has 0 aliphatic carbocycles. The van der Waals surface area contributed by atoms with Crippen molar-refractivity contribution in [2.24, 2.45) is 0 Å². The first kappa shape index (κ1) is 46.2. The lowest BCUT2D eigenvalue weighted by Crippen LogP contribution is -2.15. The van der Waals surface area contributed by atoms with E-state index in [-0.39, 0.29) is 5.97 Å². The van der Waals surface area contributed by atoms with Gasteiger partial charge in [-0.05, 0) is 37.0 Å².